The number of hydrogen-bond donors (Lipinski definition) is 2. The van der Waals surface area contributed by atoms with Crippen molar-refractivity contribution >= 4 is 0 Å². The van der Waals surface area contributed by atoms with Crippen molar-refractivity contribution in [2.75, 3.05) is 32.8 Å². The molecule has 15 heavy (non-hydrogen) atoms. The molecule has 0 radical (unpaired) electrons. The summed E-state index contributed by atoms with van der Waals surface area (Å²) in [7, 11) is 0. The molecular formula is C12H24N2O. The van der Waals surface area contributed by atoms with Crippen molar-refractivity contribution in [1.29, 1.82) is 0 Å². The third-order valence-electron chi connectivity index (χ3n) is 3.78. The zero-order chi connectivity index (χ0) is 10.5. The molecule has 2 heterocycles. The smallest absolute Gasteiger partial charge is 0.0434 e. The highest BCUT2D eigenvalue weighted by Crippen LogP contribution is 2.20. The fraction of sp³-hybridized carbons (Fsp3) is 1.00. The van der Waals surface area contributed by atoms with Crippen LogP contribution in [0, 0.1) is 5.92 Å². The summed E-state index contributed by atoms with van der Waals surface area (Å²) in [6.45, 7) is 5.26. The van der Waals surface area contributed by atoms with Crippen LogP contribution in [-0.2, 0) is 0 Å². The van der Waals surface area contributed by atoms with Crippen LogP contribution in [0.2, 0.25) is 0 Å². The Morgan fingerprint density at radius 1 is 1.27 bits per heavy atom. The molecule has 2 unspecified atom stereocenters. The van der Waals surface area contributed by atoms with E-state index in [1.807, 2.05) is 0 Å². The maximum Gasteiger partial charge on any atom is 0.0434 e. The number of hydrogen-bond acceptors (Lipinski definition) is 3. The maximum absolute atomic E-state index is 8.96. The van der Waals surface area contributed by atoms with E-state index < -0.39 is 0 Å². The van der Waals surface area contributed by atoms with Gasteiger partial charge in [-0.1, -0.05) is 0 Å². The van der Waals surface area contributed by atoms with E-state index in [1.165, 1.54) is 51.9 Å². The Kier molecular flexibility index (Phi) is 4.42. The molecule has 0 amide bonds. The zero-order valence-electron chi connectivity index (χ0n) is 9.62. The van der Waals surface area contributed by atoms with E-state index in [0.29, 0.717) is 6.61 Å². The van der Waals surface area contributed by atoms with Gasteiger partial charge >= 0.3 is 0 Å². The van der Waals surface area contributed by atoms with Crippen molar-refractivity contribution in [2.24, 2.45) is 5.92 Å². The Labute approximate surface area is 92.8 Å². The molecule has 2 fully saturated rings. The van der Waals surface area contributed by atoms with Crippen LogP contribution >= 0.6 is 0 Å². The SMILES string of the molecule is OCCC1CCCN(CC2CCCN2)C1. The van der Waals surface area contributed by atoms with Crippen molar-refractivity contribution in [2.45, 2.75) is 38.1 Å². The highest BCUT2D eigenvalue weighted by Gasteiger charge is 2.23. The second-order valence-corrected chi connectivity index (χ2v) is 5.07. The van der Waals surface area contributed by atoms with Crippen molar-refractivity contribution in [3.63, 3.8) is 0 Å². The molecule has 0 aliphatic carbocycles. The van der Waals surface area contributed by atoms with Gasteiger partial charge in [-0.2, -0.15) is 0 Å². The van der Waals surface area contributed by atoms with Crippen molar-refractivity contribution in [3.05, 3.63) is 0 Å². The molecular weight excluding hydrogens is 188 g/mol. The average Bonchev–Trinajstić information content (AvgIpc) is 2.71. The quantitative estimate of drug-likeness (QED) is 0.724. The predicted molar refractivity (Wildman–Crippen MR) is 61.9 cm³/mol. The van der Waals surface area contributed by atoms with E-state index in [-0.39, 0.29) is 0 Å². The number of nitrogens with zero attached hydrogens (tertiary/aromatic N) is 1. The van der Waals surface area contributed by atoms with Crippen LogP contribution in [0.15, 0.2) is 0 Å². The lowest BCUT2D eigenvalue weighted by molar-refractivity contribution is 0.139. The number of nitrogens with one attached hydrogen (secondary N) is 1. The number of rotatable bonds is 4. The fourth-order valence-electron chi connectivity index (χ4n) is 2.96. The monoisotopic (exact) mass is 212 g/mol. The van der Waals surface area contributed by atoms with Crippen LogP contribution in [0.5, 0.6) is 0 Å². The van der Waals surface area contributed by atoms with Crippen LogP contribution in [0.3, 0.4) is 0 Å². The van der Waals surface area contributed by atoms with E-state index in [9.17, 15) is 0 Å². The number of aliphatic hydroxyl groups excluding tert-OH is 1. The minimum atomic E-state index is 0.361. The molecule has 0 saturated carbocycles. The molecule has 0 aromatic carbocycles. The molecule has 2 N–H and O–H groups in total. The Hall–Kier alpha value is -0.120. The summed E-state index contributed by atoms with van der Waals surface area (Å²) < 4.78 is 0. The molecule has 2 atom stereocenters. The van der Waals surface area contributed by atoms with Gasteiger partial charge in [0.15, 0.2) is 0 Å². The molecule has 2 rings (SSSR count). The number of aliphatic hydroxyl groups is 1. The highest BCUT2D eigenvalue weighted by atomic mass is 16.3. The van der Waals surface area contributed by atoms with Crippen LogP contribution in [0.4, 0.5) is 0 Å². The standard InChI is InChI=1S/C12H24N2O/c15-8-5-11-3-2-7-14(9-11)10-12-4-1-6-13-12/h11-13,15H,1-10H2. The van der Waals surface area contributed by atoms with Gasteiger partial charge in [-0.15, -0.1) is 0 Å². The predicted octanol–water partition coefficient (Wildman–Crippen LogP) is 0.833. The first-order chi connectivity index (χ1) is 7.38. The molecule has 2 saturated heterocycles. The average molecular weight is 212 g/mol. The molecule has 3 nitrogen and oxygen atoms in total. The van der Waals surface area contributed by atoms with Crippen LogP contribution < -0.4 is 5.32 Å². The Balaban J connectivity index is 1.71. The van der Waals surface area contributed by atoms with Gasteiger partial charge in [-0.05, 0) is 51.1 Å². The van der Waals surface area contributed by atoms with Gasteiger partial charge in [0.25, 0.3) is 0 Å². The summed E-state index contributed by atoms with van der Waals surface area (Å²) in [6, 6.07) is 0.734. The van der Waals surface area contributed by atoms with Crippen molar-refractivity contribution < 1.29 is 5.11 Å². The molecule has 0 aromatic heterocycles. The first kappa shape index (κ1) is 11.4. The van der Waals surface area contributed by atoms with Gasteiger partial charge in [0, 0.05) is 25.7 Å². The van der Waals surface area contributed by atoms with Crippen LogP contribution in [0.1, 0.15) is 32.1 Å². The second-order valence-electron chi connectivity index (χ2n) is 5.07. The third-order valence-corrected chi connectivity index (χ3v) is 3.78. The molecule has 3 heteroatoms. The van der Waals surface area contributed by atoms with Gasteiger partial charge in [0.05, 0.1) is 0 Å². The van der Waals surface area contributed by atoms with E-state index >= 15 is 0 Å². The minimum Gasteiger partial charge on any atom is -0.396 e. The maximum atomic E-state index is 8.96. The van der Waals surface area contributed by atoms with Crippen molar-refractivity contribution in [3.8, 4) is 0 Å². The van der Waals surface area contributed by atoms with E-state index in [2.05, 4.69) is 10.2 Å². The number of likely N-dealkylation sites (tertiary alicyclic amines) is 1. The molecule has 0 bridgehead atoms. The number of piperidine rings is 1. The lowest BCUT2D eigenvalue weighted by Gasteiger charge is -2.34. The Morgan fingerprint density at radius 2 is 2.20 bits per heavy atom. The lowest BCUT2D eigenvalue weighted by Crippen LogP contribution is -2.43. The summed E-state index contributed by atoms with van der Waals surface area (Å²) in [5.74, 6) is 0.741. The zero-order valence-corrected chi connectivity index (χ0v) is 9.62. The molecule has 0 spiro atoms. The van der Waals surface area contributed by atoms with Crippen LogP contribution in [0.25, 0.3) is 0 Å². The van der Waals surface area contributed by atoms with E-state index in [0.717, 1.165) is 18.4 Å². The normalized spacial score (nSPS) is 33.4. The third kappa shape index (κ3) is 3.44. The van der Waals surface area contributed by atoms with Gasteiger partial charge in [0.2, 0.25) is 0 Å². The fourth-order valence-corrected chi connectivity index (χ4v) is 2.96. The molecule has 2 aliphatic heterocycles. The lowest BCUT2D eigenvalue weighted by atomic mass is 9.95. The minimum absolute atomic E-state index is 0.361. The van der Waals surface area contributed by atoms with Crippen LogP contribution in [-0.4, -0.2) is 48.8 Å². The van der Waals surface area contributed by atoms with E-state index in [1.54, 1.807) is 0 Å². The Morgan fingerprint density at radius 3 is 2.93 bits per heavy atom. The summed E-state index contributed by atoms with van der Waals surface area (Å²) in [5, 5.41) is 12.5. The molecule has 0 aromatic rings. The first-order valence-corrected chi connectivity index (χ1v) is 6.45. The van der Waals surface area contributed by atoms with Gasteiger partial charge < -0.3 is 15.3 Å². The summed E-state index contributed by atoms with van der Waals surface area (Å²) in [6.07, 6.45) is 6.32. The van der Waals surface area contributed by atoms with Crippen molar-refractivity contribution in [1.82, 2.24) is 10.2 Å². The summed E-state index contributed by atoms with van der Waals surface area (Å²) in [5.41, 5.74) is 0. The van der Waals surface area contributed by atoms with E-state index in [4.69, 9.17) is 5.11 Å². The first-order valence-electron chi connectivity index (χ1n) is 6.45. The second kappa shape index (κ2) is 5.83. The summed E-state index contributed by atoms with van der Waals surface area (Å²) >= 11 is 0. The largest absolute Gasteiger partial charge is 0.396 e. The summed E-state index contributed by atoms with van der Waals surface area (Å²) in [4.78, 5) is 2.59. The van der Waals surface area contributed by atoms with Gasteiger partial charge in [-0.25, -0.2) is 0 Å². The topological polar surface area (TPSA) is 35.5 Å². The van der Waals surface area contributed by atoms with Gasteiger partial charge in [-0.3, -0.25) is 0 Å². The highest BCUT2D eigenvalue weighted by molar-refractivity contribution is 4.81. The molecule has 88 valence electrons. The van der Waals surface area contributed by atoms with Gasteiger partial charge in [0.1, 0.15) is 0 Å². The molecule has 2 aliphatic rings. The Bertz CT molecular complexity index is 178.